The van der Waals surface area contributed by atoms with E-state index in [0.29, 0.717) is 0 Å². The van der Waals surface area contributed by atoms with E-state index in [4.69, 9.17) is 0 Å². The van der Waals surface area contributed by atoms with E-state index in [1.165, 1.54) is 5.39 Å². The van der Waals surface area contributed by atoms with Crippen LogP contribution >= 0.6 is 0 Å². The number of anilines is 1. The minimum Gasteiger partial charge on any atom is -0.466 e. The van der Waals surface area contributed by atoms with Crippen molar-refractivity contribution in [3.05, 3.63) is 90.9 Å². The van der Waals surface area contributed by atoms with Crippen LogP contribution < -0.4 is 9.47 Å². The van der Waals surface area contributed by atoms with Crippen LogP contribution in [0.25, 0.3) is 16.8 Å². The molecule has 0 fully saturated rings. The summed E-state index contributed by atoms with van der Waals surface area (Å²) < 4.78 is 2.09. The molecule has 3 aromatic rings. The molecule has 0 atom stereocenters. The number of allylic oxidation sites excluding steroid dienone is 2. The predicted octanol–water partition coefficient (Wildman–Crippen LogP) is 5.10. The van der Waals surface area contributed by atoms with Gasteiger partial charge in [-0.3, -0.25) is 0 Å². The van der Waals surface area contributed by atoms with Crippen LogP contribution in [0.4, 0.5) is 5.69 Å². The second kappa shape index (κ2) is 9.40. The topological polar surface area (TPSA) is 7.12 Å². The SMILES string of the molecule is C[n+]1ccccc1/C=C/C=[C-]N(c1[c-]c2ccccc2cc1)C(C)(C)C.[U+2]. The van der Waals surface area contributed by atoms with Gasteiger partial charge in [-0.2, -0.15) is 29.7 Å². The number of aromatic nitrogens is 1. The van der Waals surface area contributed by atoms with E-state index in [0.717, 1.165) is 16.8 Å². The molecule has 0 bridgehead atoms. The number of pyridine rings is 1. The van der Waals surface area contributed by atoms with Crippen LogP contribution in [0, 0.1) is 43.4 Å². The van der Waals surface area contributed by atoms with Crippen molar-refractivity contribution >= 4 is 22.5 Å². The van der Waals surface area contributed by atoms with Crippen molar-refractivity contribution in [3.8, 4) is 0 Å². The maximum absolute atomic E-state index is 3.52. The van der Waals surface area contributed by atoms with Gasteiger partial charge in [0.25, 0.3) is 0 Å². The van der Waals surface area contributed by atoms with Crippen LogP contribution in [0.2, 0.25) is 0 Å². The second-order valence-electron chi connectivity index (χ2n) is 7.33. The van der Waals surface area contributed by atoms with Gasteiger partial charge < -0.3 is 4.90 Å². The summed E-state index contributed by atoms with van der Waals surface area (Å²) in [7, 11) is 2.04. The second-order valence-corrected chi connectivity index (χ2v) is 7.33. The standard InChI is InChI=1S/C24H25N2.U/c1-24(2,3)26(18-10-8-14-22-13-7-9-17-25(22)4)23-16-15-20-11-5-6-12-21(20)19-23;/h5-17H,1-4H3;/q-1;+2. The van der Waals surface area contributed by atoms with Crippen molar-refractivity contribution < 1.29 is 35.7 Å². The summed E-state index contributed by atoms with van der Waals surface area (Å²) >= 11 is 0. The minimum absolute atomic E-state index is 0. The molecule has 0 saturated heterocycles. The fourth-order valence-electron chi connectivity index (χ4n) is 2.83. The van der Waals surface area contributed by atoms with Gasteiger partial charge >= 0.3 is 31.1 Å². The van der Waals surface area contributed by atoms with Crippen LogP contribution in [-0.4, -0.2) is 5.54 Å². The summed E-state index contributed by atoms with van der Waals surface area (Å²) in [5.74, 6) is 0. The third kappa shape index (κ3) is 5.58. The van der Waals surface area contributed by atoms with E-state index in [2.05, 4.69) is 85.0 Å². The van der Waals surface area contributed by atoms with Crippen LogP contribution in [0.15, 0.2) is 72.9 Å². The van der Waals surface area contributed by atoms with Gasteiger partial charge in [-0.15, -0.1) is 35.5 Å². The zero-order valence-corrected chi connectivity index (χ0v) is 20.6. The number of hydrogen-bond acceptors (Lipinski definition) is 1. The van der Waals surface area contributed by atoms with Gasteiger partial charge in [-0.05, 0) is 32.9 Å². The van der Waals surface area contributed by atoms with Gasteiger partial charge in [0.1, 0.15) is 7.05 Å². The first-order chi connectivity index (χ1) is 12.4. The van der Waals surface area contributed by atoms with Crippen LogP contribution in [0.5, 0.6) is 0 Å². The van der Waals surface area contributed by atoms with E-state index in [-0.39, 0.29) is 36.7 Å². The maximum atomic E-state index is 3.52. The molecule has 0 saturated carbocycles. The average molecular weight is 580 g/mol. The van der Waals surface area contributed by atoms with E-state index >= 15 is 0 Å². The molecule has 0 radical (unpaired) electrons. The maximum Gasteiger partial charge on any atom is 2.00 e. The molecule has 2 aromatic carbocycles. The normalized spacial score (nSPS) is 11.9. The average Bonchev–Trinajstić information content (AvgIpc) is 2.61. The predicted molar refractivity (Wildman–Crippen MR) is 109 cm³/mol. The number of fused-ring (bicyclic) bond motifs is 1. The minimum atomic E-state index is -0.0965. The molecule has 0 aliphatic heterocycles. The summed E-state index contributed by atoms with van der Waals surface area (Å²) in [6, 6.07) is 22.2. The Morgan fingerprint density at radius 2 is 1.74 bits per heavy atom. The van der Waals surface area contributed by atoms with Gasteiger partial charge in [-0.25, -0.2) is 4.57 Å². The van der Waals surface area contributed by atoms with Crippen LogP contribution in [0.1, 0.15) is 26.5 Å². The van der Waals surface area contributed by atoms with Crippen molar-refractivity contribution in [3.63, 3.8) is 0 Å². The van der Waals surface area contributed by atoms with E-state index in [1.54, 1.807) is 0 Å². The fourth-order valence-corrected chi connectivity index (χ4v) is 2.83. The first-order valence-electron chi connectivity index (χ1n) is 8.87. The molecule has 0 N–H and O–H groups in total. The molecule has 3 heteroatoms. The summed E-state index contributed by atoms with van der Waals surface area (Å²) in [6.45, 7) is 6.54. The first kappa shape index (κ1) is 21.5. The van der Waals surface area contributed by atoms with Crippen molar-refractivity contribution in [1.29, 1.82) is 0 Å². The number of hydrogen-bond donors (Lipinski definition) is 0. The summed E-state index contributed by atoms with van der Waals surface area (Å²) in [5.41, 5.74) is 2.07. The summed E-state index contributed by atoms with van der Waals surface area (Å²) in [5, 5.41) is 2.32. The van der Waals surface area contributed by atoms with Crippen LogP contribution in [0.3, 0.4) is 0 Å². The molecular weight excluding hydrogens is 554 g/mol. The number of rotatable bonds is 4. The molecule has 1 heterocycles. The molecule has 0 unspecified atom stereocenters. The molecule has 2 nitrogen and oxygen atoms in total. The quantitative estimate of drug-likeness (QED) is 0.181. The van der Waals surface area contributed by atoms with Crippen molar-refractivity contribution in [1.82, 2.24) is 0 Å². The molecule has 134 valence electrons. The van der Waals surface area contributed by atoms with Crippen molar-refractivity contribution in [2.75, 3.05) is 4.90 Å². The molecule has 0 aliphatic carbocycles. The largest absolute Gasteiger partial charge is 2.00 e. The van der Waals surface area contributed by atoms with E-state index < -0.39 is 0 Å². The van der Waals surface area contributed by atoms with Gasteiger partial charge in [0.2, 0.25) is 0 Å². The van der Waals surface area contributed by atoms with Crippen molar-refractivity contribution in [2.24, 2.45) is 7.05 Å². The summed E-state index contributed by atoms with van der Waals surface area (Å²) in [6.07, 6.45) is 11.5. The zero-order valence-electron chi connectivity index (χ0n) is 16.4. The smallest absolute Gasteiger partial charge is 0.466 e. The third-order valence-corrected chi connectivity index (χ3v) is 4.22. The molecule has 3 rings (SSSR count). The Balaban J connectivity index is 0.00000261. The molecule has 0 amide bonds. The van der Waals surface area contributed by atoms with Gasteiger partial charge in [0.05, 0.1) is 0 Å². The molecule has 0 spiro atoms. The molecule has 27 heavy (non-hydrogen) atoms. The van der Waals surface area contributed by atoms with Crippen molar-refractivity contribution in [2.45, 2.75) is 26.3 Å². The Hall–Kier alpha value is -1.82. The Labute approximate surface area is 186 Å². The number of benzene rings is 2. The first-order valence-corrected chi connectivity index (χ1v) is 8.87. The Morgan fingerprint density at radius 1 is 1.00 bits per heavy atom. The van der Waals surface area contributed by atoms with Gasteiger partial charge in [0, 0.05) is 17.7 Å². The van der Waals surface area contributed by atoms with E-state index in [1.807, 2.05) is 43.6 Å². The van der Waals surface area contributed by atoms with Gasteiger partial charge in [-0.1, -0.05) is 12.1 Å². The third-order valence-electron chi connectivity index (χ3n) is 4.22. The molecule has 1 aromatic heterocycles. The molecular formula is C24H25N2U+. The van der Waals surface area contributed by atoms with Gasteiger partial charge in [0.15, 0.2) is 11.9 Å². The number of nitrogens with zero attached hydrogens (tertiary/aromatic N) is 2. The molecule has 0 aliphatic rings. The van der Waals surface area contributed by atoms with Crippen LogP contribution in [-0.2, 0) is 7.05 Å². The monoisotopic (exact) mass is 579 g/mol. The fraction of sp³-hybridized carbons (Fsp3) is 0.208. The van der Waals surface area contributed by atoms with E-state index in [9.17, 15) is 0 Å². The Kier molecular flexibility index (Phi) is 7.48. The summed E-state index contributed by atoms with van der Waals surface area (Å²) in [4.78, 5) is 2.13. The number of aryl methyl sites for hydroxylation is 1. The Bertz CT molecular complexity index is 952. The zero-order chi connectivity index (χ0) is 18.6. The Morgan fingerprint density at radius 3 is 2.48 bits per heavy atom.